The Balaban J connectivity index is 0.000000728. The van der Waals surface area contributed by atoms with E-state index in [1.54, 1.807) is 6.20 Å². The number of aromatic nitrogens is 3. The Labute approximate surface area is 204 Å². The minimum absolute atomic E-state index is 0.0235. The van der Waals surface area contributed by atoms with E-state index in [0.29, 0.717) is 5.39 Å². The molecule has 0 radical (unpaired) electrons. The quantitative estimate of drug-likeness (QED) is 0.275. The summed E-state index contributed by atoms with van der Waals surface area (Å²) in [6.45, 7) is 10.5. The van der Waals surface area contributed by atoms with Gasteiger partial charge in [0.05, 0.1) is 11.6 Å². The molecule has 5 rings (SSSR count). The van der Waals surface area contributed by atoms with Gasteiger partial charge in [-0.3, -0.25) is 4.79 Å². The van der Waals surface area contributed by atoms with Crippen LogP contribution in [0.1, 0.15) is 64.7 Å². The fourth-order valence-corrected chi connectivity index (χ4v) is 5.48. The lowest BCUT2D eigenvalue weighted by Gasteiger charge is -2.25. The lowest BCUT2D eigenvalue weighted by atomic mass is 10.1. The van der Waals surface area contributed by atoms with Gasteiger partial charge in [0.1, 0.15) is 10.5 Å². The molecular weight excluding hydrogens is 461 g/mol. The van der Waals surface area contributed by atoms with Gasteiger partial charge in [0.15, 0.2) is 11.0 Å². The first-order valence-electron chi connectivity index (χ1n) is 11.8. The van der Waals surface area contributed by atoms with E-state index in [4.69, 9.17) is 11.6 Å². The predicted octanol–water partition coefficient (Wildman–Crippen LogP) is 5.98. The topological polar surface area (TPSA) is 63.1 Å². The smallest absolute Gasteiger partial charge is 0.210 e. The van der Waals surface area contributed by atoms with Crippen molar-refractivity contribution in [2.45, 2.75) is 64.1 Å². The Bertz CT molecular complexity index is 1120. The summed E-state index contributed by atoms with van der Waals surface area (Å²) >= 11 is 7.44. The molecule has 2 unspecified atom stereocenters. The molecular formula is C24H33ClFN5OS. The van der Waals surface area contributed by atoms with Crippen LogP contribution < -0.4 is 5.32 Å². The summed E-state index contributed by atoms with van der Waals surface area (Å²) in [7, 11) is 0. The zero-order valence-electron chi connectivity index (χ0n) is 20.0. The highest BCUT2D eigenvalue weighted by molar-refractivity contribution is 7.98. The summed E-state index contributed by atoms with van der Waals surface area (Å²) in [5.41, 5.74) is 2.28. The maximum Gasteiger partial charge on any atom is 0.210 e. The number of nitrogens with one attached hydrogen (secondary N) is 1. The Kier molecular flexibility index (Phi) is 8.95. The van der Waals surface area contributed by atoms with Crippen LogP contribution in [-0.2, 0) is 4.79 Å². The van der Waals surface area contributed by atoms with Crippen LogP contribution in [0, 0.1) is 5.82 Å². The molecule has 2 saturated heterocycles. The van der Waals surface area contributed by atoms with E-state index >= 15 is 0 Å². The summed E-state index contributed by atoms with van der Waals surface area (Å²) in [4.78, 5) is 22.2. The first-order chi connectivity index (χ1) is 16.1. The summed E-state index contributed by atoms with van der Waals surface area (Å²) in [6, 6.07) is 2.40. The predicted molar refractivity (Wildman–Crippen MR) is 136 cm³/mol. The molecule has 2 fully saturated rings. The van der Waals surface area contributed by atoms with Crippen molar-refractivity contribution in [1.82, 2.24) is 24.8 Å². The summed E-state index contributed by atoms with van der Waals surface area (Å²) in [5, 5.41) is 5.66. The van der Waals surface area contributed by atoms with Crippen LogP contribution in [0.15, 0.2) is 17.3 Å². The van der Waals surface area contributed by atoms with Crippen LogP contribution in [0.2, 0.25) is 5.15 Å². The lowest BCUT2D eigenvalue weighted by Crippen LogP contribution is -2.25. The van der Waals surface area contributed by atoms with Crippen molar-refractivity contribution in [3.63, 3.8) is 0 Å². The minimum atomic E-state index is -0.587. The molecule has 0 aliphatic carbocycles. The number of nitrogens with zero attached hydrogens (tertiary/aromatic N) is 4. The Morgan fingerprint density at radius 3 is 2.64 bits per heavy atom. The molecule has 3 aromatic heterocycles. The minimum Gasteiger partial charge on any atom is -0.337 e. The average molecular weight is 494 g/mol. The van der Waals surface area contributed by atoms with E-state index in [9.17, 15) is 9.18 Å². The molecule has 0 spiro atoms. The fraction of sp³-hybridized carbons (Fsp3) is 0.542. The molecule has 5 heterocycles. The molecule has 0 aromatic carbocycles. The van der Waals surface area contributed by atoms with Crippen molar-refractivity contribution in [2.24, 2.45) is 0 Å². The van der Waals surface area contributed by atoms with E-state index < -0.39 is 5.82 Å². The van der Waals surface area contributed by atoms with E-state index in [0.717, 1.165) is 66.9 Å². The van der Waals surface area contributed by atoms with Gasteiger partial charge in [0, 0.05) is 41.8 Å². The van der Waals surface area contributed by atoms with E-state index in [2.05, 4.69) is 25.9 Å². The maximum atomic E-state index is 14.8. The summed E-state index contributed by atoms with van der Waals surface area (Å²) in [6.07, 6.45) is 7.39. The van der Waals surface area contributed by atoms with Gasteiger partial charge in [-0.1, -0.05) is 39.3 Å². The normalized spacial score (nSPS) is 19.9. The number of carbonyl (C=O) groups is 1. The van der Waals surface area contributed by atoms with Crippen molar-refractivity contribution in [1.29, 1.82) is 0 Å². The second-order valence-corrected chi connectivity index (χ2v) is 8.75. The second-order valence-electron chi connectivity index (χ2n) is 7.60. The zero-order chi connectivity index (χ0) is 24.1. The zero-order valence-corrected chi connectivity index (χ0v) is 21.6. The number of hydrogen-bond acceptors (Lipinski definition) is 5. The van der Waals surface area contributed by atoms with E-state index in [-0.39, 0.29) is 22.8 Å². The highest BCUT2D eigenvalue weighted by Gasteiger charge is 2.33. The van der Waals surface area contributed by atoms with Crippen LogP contribution in [0.3, 0.4) is 0 Å². The third-order valence-electron chi connectivity index (χ3n) is 6.08. The molecule has 3 aromatic rings. The third-order valence-corrected chi connectivity index (χ3v) is 7.04. The first kappa shape index (κ1) is 25.7. The Hall–Kier alpha value is -1.90. The van der Waals surface area contributed by atoms with Crippen molar-refractivity contribution in [3.8, 4) is 0 Å². The van der Waals surface area contributed by atoms with Gasteiger partial charge in [-0.05, 0) is 38.1 Å². The highest BCUT2D eigenvalue weighted by Crippen LogP contribution is 2.42. The molecule has 2 atom stereocenters. The third kappa shape index (κ3) is 4.57. The van der Waals surface area contributed by atoms with Crippen molar-refractivity contribution in [3.05, 3.63) is 28.9 Å². The van der Waals surface area contributed by atoms with Gasteiger partial charge >= 0.3 is 0 Å². The maximum absolute atomic E-state index is 14.8. The number of rotatable bonds is 4. The van der Waals surface area contributed by atoms with Crippen molar-refractivity contribution >= 4 is 51.6 Å². The number of hydrogen-bond donors (Lipinski definition) is 1. The summed E-state index contributed by atoms with van der Waals surface area (Å²) < 4.78 is 17.1. The molecule has 1 amide bonds. The molecule has 33 heavy (non-hydrogen) atoms. The van der Waals surface area contributed by atoms with Crippen LogP contribution in [0.25, 0.3) is 21.8 Å². The Morgan fingerprint density at radius 2 is 2.00 bits per heavy atom. The van der Waals surface area contributed by atoms with Gasteiger partial charge in [-0.25, -0.2) is 14.4 Å². The van der Waals surface area contributed by atoms with Crippen molar-refractivity contribution in [2.75, 3.05) is 25.9 Å². The molecule has 6 nitrogen and oxygen atoms in total. The van der Waals surface area contributed by atoms with Crippen LogP contribution in [0.5, 0.6) is 0 Å². The van der Waals surface area contributed by atoms with Gasteiger partial charge in [0.25, 0.3) is 0 Å². The Morgan fingerprint density at radius 1 is 1.24 bits per heavy atom. The number of likely N-dealkylation sites (tertiary alicyclic amines) is 1. The van der Waals surface area contributed by atoms with E-state index in [1.807, 2.05) is 38.9 Å². The number of fused-ring (bicyclic) bond motifs is 3. The molecule has 1 N–H and O–H groups in total. The van der Waals surface area contributed by atoms with E-state index in [1.165, 1.54) is 11.8 Å². The molecule has 2 aliphatic rings. The molecule has 2 aliphatic heterocycles. The van der Waals surface area contributed by atoms with Gasteiger partial charge in [-0.15, -0.1) is 11.8 Å². The number of thioether (sulfide) groups is 1. The number of carbonyl (C=O) groups excluding carboxylic acids is 1. The van der Waals surface area contributed by atoms with Crippen molar-refractivity contribution < 1.29 is 9.18 Å². The summed E-state index contributed by atoms with van der Waals surface area (Å²) in [5.74, 6) is -0.587. The molecule has 9 heteroatoms. The van der Waals surface area contributed by atoms with Gasteiger partial charge < -0.3 is 14.8 Å². The number of halogens is 2. The number of pyridine rings is 2. The average Bonchev–Trinajstić information content (AvgIpc) is 3.62. The van der Waals surface area contributed by atoms with Crippen LogP contribution in [0.4, 0.5) is 4.39 Å². The standard InChI is InChI=1S/C20H21ClFN5OS.2C2H6/c1-29-20-12-7-15(14-3-2-6-26(14)10-28)27(11-4-5-23-8-11)18(12)13-9-24-19(21)16(22)17(13)25-20;2*1-2/h7,9-11,14,23H,2-6,8H2,1H3;2*1-2H3. The van der Waals surface area contributed by atoms with Crippen LogP contribution >= 0.6 is 23.4 Å². The van der Waals surface area contributed by atoms with Gasteiger partial charge in [0.2, 0.25) is 6.41 Å². The molecule has 180 valence electrons. The second kappa shape index (κ2) is 11.5. The van der Waals surface area contributed by atoms with Gasteiger partial charge in [-0.2, -0.15) is 0 Å². The largest absolute Gasteiger partial charge is 0.337 e. The molecule has 0 saturated carbocycles. The lowest BCUT2D eigenvalue weighted by molar-refractivity contribution is -0.119. The SMILES string of the molecule is CC.CC.CSc1nc2c(F)c(Cl)ncc2c2c1cc(C1CCCN1C=O)n2C1CCNC1. The van der Waals surface area contributed by atoms with Crippen LogP contribution in [-0.4, -0.2) is 51.7 Å². The first-order valence-corrected chi connectivity index (χ1v) is 13.4. The fourth-order valence-electron chi connectivity index (χ4n) is 4.78. The monoisotopic (exact) mass is 493 g/mol. The molecule has 0 bridgehead atoms. The highest BCUT2D eigenvalue weighted by atomic mass is 35.5. The number of amides is 1.